The summed E-state index contributed by atoms with van der Waals surface area (Å²) in [6.07, 6.45) is 5.02. The Morgan fingerprint density at radius 1 is 1.30 bits per heavy atom. The van der Waals surface area contributed by atoms with Crippen LogP contribution in [0.2, 0.25) is 0 Å². The third-order valence-corrected chi connectivity index (χ3v) is 4.58. The predicted molar refractivity (Wildman–Crippen MR) is 80.7 cm³/mol. The van der Waals surface area contributed by atoms with Gasteiger partial charge in [-0.1, -0.05) is 19.8 Å². The van der Waals surface area contributed by atoms with E-state index in [2.05, 4.69) is 31.4 Å². The van der Waals surface area contributed by atoms with Crippen molar-refractivity contribution in [3.63, 3.8) is 0 Å². The highest BCUT2D eigenvalue weighted by Gasteiger charge is 2.36. The van der Waals surface area contributed by atoms with Crippen molar-refractivity contribution in [2.45, 2.75) is 57.9 Å². The number of hydrogen-bond acceptors (Lipinski definition) is 2. The lowest BCUT2D eigenvalue weighted by Gasteiger charge is -2.26. The van der Waals surface area contributed by atoms with E-state index in [0.717, 1.165) is 11.0 Å². The Balaban J connectivity index is 2.25. The molecule has 3 nitrogen and oxygen atoms in total. The average Bonchev–Trinajstić information content (AvgIpc) is 3.02. The van der Waals surface area contributed by atoms with Gasteiger partial charge in [0.2, 0.25) is 0 Å². The Bertz CT molecular complexity index is 682. The molecule has 0 saturated heterocycles. The maximum absolute atomic E-state index is 9.06. The van der Waals surface area contributed by atoms with Crippen molar-refractivity contribution in [2.75, 3.05) is 0 Å². The van der Waals surface area contributed by atoms with Gasteiger partial charge < -0.3 is 4.57 Å². The van der Waals surface area contributed by atoms with Gasteiger partial charge in [-0.05, 0) is 44.9 Å². The van der Waals surface area contributed by atoms with Crippen LogP contribution >= 0.6 is 0 Å². The molecule has 0 bridgehead atoms. The van der Waals surface area contributed by atoms with Crippen LogP contribution in [0.5, 0.6) is 0 Å². The molecule has 3 heteroatoms. The van der Waals surface area contributed by atoms with Gasteiger partial charge >= 0.3 is 0 Å². The van der Waals surface area contributed by atoms with Gasteiger partial charge in [-0.2, -0.15) is 5.26 Å². The summed E-state index contributed by atoms with van der Waals surface area (Å²) in [6, 6.07) is 8.45. The number of nitriles is 1. The van der Waals surface area contributed by atoms with Crippen LogP contribution in [0, 0.1) is 11.3 Å². The molecular weight excluding hydrogens is 246 g/mol. The first-order chi connectivity index (χ1) is 9.55. The summed E-state index contributed by atoms with van der Waals surface area (Å²) in [7, 11) is 0. The highest BCUT2D eigenvalue weighted by molar-refractivity contribution is 5.78. The minimum Gasteiger partial charge on any atom is -0.325 e. The van der Waals surface area contributed by atoms with Crippen LogP contribution in [0.4, 0.5) is 0 Å². The zero-order chi connectivity index (χ0) is 14.3. The fourth-order valence-electron chi connectivity index (χ4n) is 3.50. The predicted octanol–water partition coefficient (Wildman–Crippen LogP) is 4.32. The van der Waals surface area contributed by atoms with Gasteiger partial charge in [0, 0.05) is 11.5 Å². The van der Waals surface area contributed by atoms with Gasteiger partial charge in [-0.15, -0.1) is 0 Å². The van der Waals surface area contributed by atoms with Crippen LogP contribution in [0.1, 0.15) is 63.9 Å². The largest absolute Gasteiger partial charge is 0.325 e. The van der Waals surface area contributed by atoms with Gasteiger partial charge in [0.25, 0.3) is 0 Å². The van der Waals surface area contributed by atoms with E-state index in [4.69, 9.17) is 10.2 Å². The molecule has 1 heterocycles. The van der Waals surface area contributed by atoms with E-state index in [1.165, 1.54) is 31.5 Å². The number of rotatable bonds is 2. The second kappa shape index (κ2) is 4.63. The van der Waals surface area contributed by atoms with Crippen molar-refractivity contribution in [2.24, 2.45) is 0 Å². The Hall–Kier alpha value is -1.82. The maximum atomic E-state index is 9.06. The summed E-state index contributed by atoms with van der Waals surface area (Å²) in [5.41, 5.74) is 2.99. The SMILES string of the molecule is CC(C)n1c(C2(C)CCCC2)nc2cc(C#N)ccc21. The zero-order valence-electron chi connectivity index (χ0n) is 12.5. The van der Waals surface area contributed by atoms with Gasteiger partial charge in [0.15, 0.2) is 0 Å². The second-order valence-electron chi connectivity index (χ2n) is 6.48. The molecule has 1 aromatic carbocycles. The molecule has 0 unspecified atom stereocenters. The van der Waals surface area contributed by atoms with Crippen molar-refractivity contribution >= 4 is 11.0 Å². The molecule has 3 rings (SSSR count). The molecule has 1 aliphatic carbocycles. The minimum atomic E-state index is 0.191. The number of benzene rings is 1. The summed E-state index contributed by atoms with van der Waals surface area (Å²) in [6.45, 7) is 6.76. The van der Waals surface area contributed by atoms with E-state index in [9.17, 15) is 0 Å². The second-order valence-corrected chi connectivity index (χ2v) is 6.48. The Morgan fingerprint density at radius 2 is 2.00 bits per heavy atom. The molecule has 0 spiro atoms. The van der Waals surface area contributed by atoms with Crippen LogP contribution in [-0.4, -0.2) is 9.55 Å². The maximum Gasteiger partial charge on any atom is 0.116 e. The quantitative estimate of drug-likeness (QED) is 0.813. The normalized spacial score (nSPS) is 17.8. The number of aromatic nitrogens is 2. The molecule has 1 aliphatic rings. The van der Waals surface area contributed by atoms with Crippen molar-refractivity contribution in [1.29, 1.82) is 5.26 Å². The monoisotopic (exact) mass is 267 g/mol. The highest BCUT2D eigenvalue weighted by Crippen LogP contribution is 2.42. The molecule has 20 heavy (non-hydrogen) atoms. The fourth-order valence-corrected chi connectivity index (χ4v) is 3.50. The Kier molecular flexibility index (Phi) is 3.05. The molecule has 0 atom stereocenters. The van der Waals surface area contributed by atoms with E-state index < -0.39 is 0 Å². The number of fused-ring (bicyclic) bond motifs is 1. The van der Waals surface area contributed by atoms with Crippen molar-refractivity contribution < 1.29 is 0 Å². The van der Waals surface area contributed by atoms with Crippen LogP contribution in [0.25, 0.3) is 11.0 Å². The van der Waals surface area contributed by atoms with Gasteiger partial charge in [0.05, 0.1) is 22.7 Å². The molecule has 104 valence electrons. The van der Waals surface area contributed by atoms with Gasteiger partial charge in [-0.25, -0.2) is 4.98 Å². The van der Waals surface area contributed by atoms with E-state index >= 15 is 0 Å². The van der Waals surface area contributed by atoms with Crippen LogP contribution in [-0.2, 0) is 5.41 Å². The molecular formula is C17H21N3. The van der Waals surface area contributed by atoms with E-state index in [-0.39, 0.29) is 5.41 Å². The first-order valence-corrected chi connectivity index (χ1v) is 7.48. The van der Waals surface area contributed by atoms with Crippen LogP contribution < -0.4 is 0 Å². The summed E-state index contributed by atoms with van der Waals surface area (Å²) in [5, 5.41) is 9.06. The minimum absolute atomic E-state index is 0.191. The van der Waals surface area contributed by atoms with E-state index in [1.54, 1.807) is 0 Å². The molecule has 1 saturated carbocycles. The average molecular weight is 267 g/mol. The lowest BCUT2D eigenvalue weighted by atomic mass is 9.87. The smallest absolute Gasteiger partial charge is 0.116 e. The Labute approximate surface area is 120 Å². The standard InChI is InChI=1S/C17H21N3/c1-12(2)20-15-7-6-13(11-18)10-14(15)19-16(20)17(3)8-4-5-9-17/h6-7,10,12H,4-5,8-9H2,1-3H3. The molecule has 0 amide bonds. The topological polar surface area (TPSA) is 41.6 Å². The molecule has 0 N–H and O–H groups in total. The van der Waals surface area contributed by atoms with Crippen molar-refractivity contribution in [3.8, 4) is 6.07 Å². The summed E-state index contributed by atoms with van der Waals surface area (Å²) < 4.78 is 2.36. The molecule has 1 aromatic heterocycles. The third-order valence-electron chi connectivity index (χ3n) is 4.58. The van der Waals surface area contributed by atoms with Crippen LogP contribution in [0.3, 0.4) is 0 Å². The van der Waals surface area contributed by atoms with Crippen molar-refractivity contribution in [3.05, 3.63) is 29.6 Å². The highest BCUT2D eigenvalue weighted by atomic mass is 15.1. The first kappa shape index (κ1) is 13.2. The lowest BCUT2D eigenvalue weighted by molar-refractivity contribution is 0.419. The van der Waals surface area contributed by atoms with Crippen molar-refractivity contribution in [1.82, 2.24) is 9.55 Å². The summed E-state index contributed by atoms with van der Waals surface area (Å²) in [4.78, 5) is 4.91. The first-order valence-electron chi connectivity index (χ1n) is 7.48. The summed E-state index contributed by atoms with van der Waals surface area (Å²) >= 11 is 0. The molecule has 0 radical (unpaired) electrons. The molecule has 2 aromatic rings. The summed E-state index contributed by atoms with van der Waals surface area (Å²) in [5.74, 6) is 1.20. The van der Waals surface area contributed by atoms with Gasteiger partial charge in [0.1, 0.15) is 5.82 Å². The fraction of sp³-hybridized carbons (Fsp3) is 0.529. The lowest BCUT2D eigenvalue weighted by Crippen LogP contribution is -2.23. The number of nitrogens with zero attached hydrogens (tertiary/aromatic N) is 3. The Morgan fingerprint density at radius 3 is 2.60 bits per heavy atom. The van der Waals surface area contributed by atoms with E-state index in [1.807, 2.05) is 18.2 Å². The number of hydrogen-bond donors (Lipinski definition) is 0. The molecule has 0 aliphatic heterocycles. The zero-order valence-corrected chi connectivity index (χ0v) is 12.5. The van der Waals surface area contributed by atoms with E-state index in [0.29, 0.717) is 11.6 Å². The van der Waals surface area contributed by atoms with Crippen LogP contribution in [0.15, 0.2) is 18.2 Å². The molecule has 1 fully saturated rings. The third kappa shape index (κ3) is 1.91. The van der Waals surface area contributed by atoms with Gasteiger partial charge in [-0.3, -0.25) is 0 Å². The number of imidazole rings is 1.